The number of carbonyl (C=O) groups is 2. The molecule has 0 saturated carbocycles. The molecule has 4 rings (SSSR count). The first-order valence-corrected chi connectivity index (χ1v) is 9.85. The van der Waals surface area contributed by atoms with Gasteiger partial charge in [0.05, 0.1) is 0 Å². The van der Waals surface area contributed by atoms with Crippen LogP contribution in [0.4, 0.5) is 4.39 Å². The smallest absolute Gasteiger partial charge is 0.252 e. The molecule has 1 aromatic rings. The summed E-state index contributed by atoms with van der Waals surface area (Å²) in [5.41, 5.74) is 3.12. The number of dihydropyridines is 1. The van der Waals surface area contributed by atoms with Crippen LogP contribution < -0.4 is 5.32 Å². The summed E-state index contributed by atoms with van der Waals surface area (Å²) in [7, 11) is 0. The molecular weight excluding hydrogens is 343 g/mol. The Kier molecular flexibility index (Phi) is 4.85. The van der Waals surface area contributed by atoms with Gasteiger partial charge in [-0.25, -0.2) is 4.39 Å². The summed E-state index contributed by atoms with van der Waals surface area (Å²) < 4.78 is 14.8. The molecule has 1 aromatic carbocycles. The van der Waals surface area contributed by atoms with Crippen LogP contribution in [0.3, 0.4) is 0 Å². The average Bonchev–Trinajstić information content (AvgIpc) is 2.68. The van der Waals surface area contributed by atoms with Gasteiger partial charge < -0.3 is 10.2 Å². The van der Waals surface area contributed by atoms with E-state index in [1.54, 1.807) is 18.2 Å². The molecule has 0 radical (unpaired) electrons. The van der Waals surface area contributed by atoms with Crippen molar-refractivity contribution in [1.82, 2.24) is 10.2 Å². The van der Waals surface area contributed by atoms with Crippen molar-refractivity contribution < 1.29 is 14.0 Å². The van der Waals surface area contributed by atoms with Gasteiger partial charge in [-0.15, -0.1) is 0 Å². The van der Waals surface area contributed by atoms with Gasteiger partial charge in [-0.2, -0.15) is 0 Å². The second-order valence-corrected chi connectivity index (χ2v) is 7.64. The summed E-state index contributed by atoms with van der Waals surface area (Å²) in [6, 6.07) is 6.52. The Bertz CT molecular complexity index is 850. The fourth-order valence-electron chi connectivity index (χ4n) is 4.55. The maximum absolute atomic E-state index is 14.8. The third kappa shape index (κ3) is 3.20. The van der Waals surface area contributed by atoms with E-state index in [1.165, 1.54) is 6.07 Å². The van der Waals surface area contributed by atoms with Gasteiger partial charge in [-0.3, -0.25) is 9.59 Å². The summed E-state index contributed by atoms with van der Waals surface area (Å²) in [6.45, 7) is 3.31. The highest BCUT2D eigenvalue weighted by Crippen LogP contribution is 2.43. The van der Waals surface area contributed by atoms with E-state index in [0.717, 1.165) is 56.6 Å². The number of amides is 1. The molecule has 1 atom stereocenters. The van der Waals surface area contributed by atoms with Gasteiger partial charge in [0, 0.05) is 53.5 Å². The standard InChI is InChI=1S/C22H25FN2O2/c1-14-19(22(27)25-12-5-2-6-13-25)20(15-8-3-4-9-16(15)23)21-17(24-14)10-7-11-18(21)26/h3-4,8-9,20,24H,2,5-7,10-13H2,1H3/t20-/m0/s1. The van der Waals surface area contributed by atoms with Crippen molar-refractivity contribution in [2.24, 2.45) is 0 Å². The first-order chi connectivity index (χ1) is 13.1. The van der Waals surface area contributed by atoms with Crippen molar-refractivity contribution in [3.05, 3.63) is 58.2 Å². The van der Waals surface area contributed by atoms with E-state index >= 15 is 0 Å². The predicted octanol–water partition coefficient (Wildman–Crippen LogP) is 3.81. The number of Topliss-reactive ketones (excluding diaryl/α,β-unsaturated/α-hetero) is 1. The topological polar surface area (TPSA) is 49.4 Å². The Morgan fingerprint density at radius 1 is 1.11 bits per heavy atom. The Balaban J connectivity index is 1.84. The van der Waals surface area contributed by atoms with Gasteiger partial charge >= 0.3 is 0 Å². The van der Waals surface area contributed by atoms with Gasteiger partial charge in [0.1, 0.15) is 5.82 Å². The normalized spacial score (nSPS) is 23.3. The quantitative estimate of drug-likeness (QED) is 0.864. The van der Waals surface area contributed by atoms with Crippen LogP contribution in [0.5, 0.6) is 0 Å². The minimum atomic E-state index is -0.621. The SMILES string of the molecule is CC1=C(C(=O)N2CCCCC2)[C@H](c2ccccc2F)C2=C(CCCC2=O)N1. The molecule has 1 saturated heterocycles. The lowest BCUT2D eigenvalue weighted by atomic mass is 9.74. The van der Waals surface area contributed by atoms with E-state index in [1.807, 2.05) is 11.8 Å². The van der Waals surface area contributed by atoms with Crippen LogP contribution in [0.25, 0.3) is 0 Å². The Morgan fingerprint density at radius 2 is 1.85 bits per heavy atom. The van der Waals surface area contributed by atoms with Crippen molar-refractivity contribution in [2.45, 2.75) is 51.4 Å². The number of likely N-dealkylation sites (tertiary alicyclic amines) is 1. The zero-order valence-electron chi connectivity index (χ0n) is 15.7. The van der Waals surface area contributed by atoms with Crippen LogP contribution in [0, 0.1) is 5.82 Å². The number of halogens is 1. The lowest BCUT2D eigenvalue weighted by Gasteiger charge is -2.37. The minimum Gasteiger partial charge on any atom is -0.362 e. The van der Waals surface area contributed by atoms with Crippen molar-refractivity contribution in [3.8, 4) is 0 Å². The molecule has 1 amide bonds. The zero-order chi connectivity index (χ0) is 19.0. The van der Waals surface area contributed by atoms with Crippen molar-refractivity contribution >= 4 is 11.7 Å². The van der Waals surface area contributed by atoms with E-state index in [-0.39, 0.29) is 17.5 Å². The Labute approximate surface area is 159 Å². The van der Waals surface area contributed by atoms with Crippen molar-refractivity contribution in [1.29, 1.82) is 0 Å². The number of nitrogens with zero attached hydrogens (tertiary/aromatic N) is 1. The zero-order valence-corrected chi connectivity index (χ0v) is 15.7. The second kappa shape index (κ2) is 7.29. The van der Waals surface area contributed by atoms with E-state index in [2.05, 4.69) is 5.32 Å². The monoisotopic (exact) mass is 368 g/mol. The lowest BCUT2D eigenvalue weighted by molar-refractivity contribution is -0.128. The molecule has 0 bridgehead atoms. The summed E-state index contributed by atoms with van der Waals surface area (Å²) in [6.07, 6.45) is 5.11. The molecule has 2 aliphatic heterocycles. The van der Waals surface area contributed by atoms with Crippen LogP contribution in [-0.4, -0.2) is 29.7 Å². The fourth-order valence-corrected chi connectivity index (χ4v) is 4.55. The van der Waals surface area contributed by atoms with Gasteiger partial charge in [-0.1, -0.05) is 18.2 Å². The summed E-state index contributed by atoms with van der Waals surface area (Å²) in [4.78, 5) is 28.1. The number of hydrogen-bond acceptors (Lipinski definition) is 3. The highest BCUT2D eigenvalue weighted by atomic mass is 19.1. The molecule has 0 unspecified atom stereocenters. The maximum Gasteiger partial charge on any atom is 0.252 e. The van der Waals surface area contributed by atoms with Crippen LogP contribution in [0.1, 0.15) is 56.9 Å². The van der Waals surface area contributed by atoms with Crippen LogP contribution in [0.15, 0.2) is 46.8 Å². The molecular formula is C22H25FN2O2. The number of nitrogens with one attached hydrogen (secondary N) is 1. The number of hydrogen-bond donors (Lipinski definition) is 1. The number of carbonyl (C=O) groups excluding carboxylic acids is 2. The molecule has 1 aliphatic carbocycles. The summed E-state index contributed by atoms with van der Waals surface area (Å²) >= 11 is 0. The highest BCUT2D eigenvalue weighted by Gasteiger charge is 2.40. The number of piperidine rings is 1. The molecule has 0 aromatic heterocycles. The first-order valence-electron chi connectivity index (χ1n) is 9.85. The molecule has 0 spiro atoms. The third-order valence-electron chi connectivity index (χ3n) is 5.87. The molecule has 2 heterocycles. The second-order valence-electron chi connectivity index (χ2n) is 7.64. The minimum absolute atomic E-state index is 0.0217. The van der Waals surface area contributed by atoms with Crippen molar-refractivity contribution in [2.75, 3.05) is 13.1 Å². The van der Waals surface area contributed by atoms with Crippen LogP contribution in [0.2, 0.25) is 0 Å². The lowest BCUT2D eigenvalue weighted by Crippen LogP contribution is -2.42. The van der Waals surface area contributed by atoms with Crippen LogP contribution >= 0.6 is 0 Å². The van der Waals surface area contributed by atoms with E-state index in [4.69, 9.17) is 0 Å². The van der Waals surface area contributed by atoms with E-state index in [9.17, 15) is 14.0 Å². The predicted molar refractivity (Wildman–Crippen MR) is 101 cm³/mol. The van der Waals surface area contributed by atoms with E-state index in [0.29, 0.717) is 23.1 Å². The Hall–Kier alpha value is -2.43. The largest absolute Gasteiger partial charge is 0.362 e. The van der Waals surface area contributed by atoms with Gasteiger partial charge in [0.25, 0.3) is 5.91 Å². The molecule has 142 valence electrons. The summed E-state index contributed by atoms with van der Waals surface area (Å²) in [5.74, 6) is -1.04. The van der Waals surface area contributed by atoms with Gasteiger partial charge in [0.15, 0.2) is 5.78 Å². The average molecular weight is 368 g/mol. The van der Waals surface area contributed by atoms with Gasteiger partial charge in [0.2, 0.25) is 0 Å². The van der Waals surface area contributed by atoms with Crippen molar-refractivity contribution in [3.63, 3.8) is 0 Å². The summed E-state index contributed by atoms with van der Waals surface area (Å²) in [5, 5.41) is 3.31. The molecule has 5 heteroatoms. The number of rotatable bonds is 2. The Morgan fingerprint density at radius 3 is 2.59 bits per heavy atom. The highest BCUT2D eigenvalue weighted by molar-refractivity contribution is 6.05. The molecule has 4 nitrogen and oxygen atoms in total. The number of allylic oxidation sites excluding steroid dienone is 3. The molecule has 27 heavy (non-hydrogen) atoms. The molecule has 1 fully saturated rings. The number of benzene rings is 1. The number of ketones is 1. The van der Waals surface area contributed by atoms with E-state index < -0.39 is 5.92 Å². The molecule has 1 N–H and O–H groups in total. The van der Waals surface area contributed by atoms with Gasteiger partial charge in [-0.05, 0) is 45.1 Å². The third-order valence-corrected chi connectivity index (χ3v) is 5.87. The molecule has 3 aliphatic rings. The maximum atomic E-state index is 14.8. The first kappa shape index (κ1) is 18.0. The van der Waals surface area contributed by atoms with Crippen LogP contribution in [-0.2, 0) is 9.59 Å². The fraction of sp³-hybridized carbons (Fsp3) is 0.455.